The number of benzene rings is 3. The summed E-state index contributed by atoms with van der Waals surface area (Å²) in [6.45, 7) is 4.34. The third-order valence-electron chi connectivity index (χ3n) is 5.05. The fraction of sp³-hybridized carbons (Fsp3) is 0.308. The van der Waals surface area contributed by atoms with Crippen molar-refractivity contribution in [1.82, 2.24) is 0 Å². The highest BCUT2D eigenvalue weighted by Gasteiger charge is 2.07. The molecule has 0 fully saturated rings. The zero-order valence-corrected chi connectivity index (χ0v) is 16.3. The maximum absolute atomic E-state index is 14.8. The van der Waals surface area contributed by atoms with Crippen LogP contribution < -0.4 is 0 Å². The van der Waals surface area contributed by atoms with Crippen molar-refractivity contribution >= 4 is 10.8 Å². The molecule has 0 nitrogen and oxygen atoms in total. The van der Waals surface area contributed by atoms with Gasteiger partial charge in [0, 0.05) is 16.5 Å². The first-order valence-corrected chi connectivity index (χ1v) is 10.0. The zero-order chi connectivity index (χ0) is 19.1. The second-order valence-electron chi connectivity index (χ2n) is 7.09. The minimum atomic E-state index is -0.0707. The number of aryl methyl sites for hydroxylation is 2. The summed E-state index contributed by atoms with van der Waals surface area (Å²) in [7, 11) is 0. The van der Waals surface area contributed by atoms with Gasteiger partial charge in [-0.1, -0.05) is 75.3 Å². The predicted molar refractivity (Wildman–Crippen MR) is 114 cm³/mol. The van der Waals surface area contributed by atoms with Gasteiger partial charge in [-0.05, 0) is 60.0 Å². The summed E-state index contributed by atoms with van der Waals surface area (Å²) in [4.78, 5) is 0. The molecule has 0 amide bonds. The summed E-state index contributed by atoms with van der Waals surface area (Å²) >= 11 is 0. The highest BCUT2D eigenvalue weighted by Crippen LogP contribution is 2.24. The Hall–Kier alpha value is -2.59. The van der Waals surface area contributed by atoms with Crippen molar-refractivity contribution < 1.29 is 4.39 Å². The average molecular weight is 359 g/mol. The first kappa shape index (κ1) is 19.2. The van der Waals surface area contributed by atoms with Crippen LogP contribution in [-0.2, 0) is 12.8 Å². The lowest BCUT2D eigenvalue weighted by Gasteiger charge is -2.07. The summed E-state index contributed by atoms with van der Waals surface area (Å²) in [5.74, 6) is 6.33. The fourth-order valence-corrected chi connectivity index (χ4v) is 3.32. The van der Waals surface area contributed by atoms with Gasteiger partial charge in [-0.15, -0.1) is 0 Å². The molecule has 0 heterocycles. The zero-order valence-electron chi connectivity index (χ0n) is 16.3. The third kappa shape index (κ3) is 4.98. The topological polar surface area (TPSA) is 0 Å². The number of hydrogen-bond donors (Lipinski definition) is 0. The maximum atomic E-state index is 14.8. The minimum absolute atomic E-state index is 0.0707. The standard InChI is InChI=1S/C26H27F/c1-3-5-6-7-8-23-16-17-24-19-22(15-18-25(24)26(23)27)14-13-21-11-9-20(4-2)10-12-21/h9-12,15-19H,3-8H2,1-2H3. The molecule has 0 saturated carbocycles. The van der Waals surface area contributed by atoms with Gasteiger partial charge in [-0.3, -0.25) is 0 Å². The first-order chi connectivity index (χ1) is 13.2. The molecular formula is C26H27F. The number of halogens is 1. The van der Waals surface area contributed by atoms with Gasteiger partial charge in [-0.2, -0.15) is 0 Å². The van der Waals surface area contributed by atoms with E-state index in [1.165, 1.54) is 24.8 Å². The monoisotopic (exact) mass is 358 g/mol. The van der Waals surface area contributed by atoms with Crippen molar-refractivity contribution in [2.75, 3.05) is 0 Å². The first-order valence-electron chi connectivity index (χ1n) is 10.0. The number of unbranched alkanes of at least 4 members (excludes halogenated alkanes) is 3. The molecule has 3 aromatic rings. The number of fused-ring (bicyclic) bond motifs is 1. The summed E-state index contributed by atoms with van der Waals surface area (Å²) in [6, 6.07) is 18.0. The average Bonchev–Trinajstić information content (AvgIpc) is 2.71. The Morgan fingerprint density at radius 3 is 2.26 bits per heavy atom. The molecule has 0 aromatic heterocycles. The lowest BCUT2D eigenvalue weighted by Crippen LogP contribution is -1.93. The summed E-state index contributed by atoms with van der Waals surface area (Å²) < 4.78 is 14.8. The molecule has 3 aromatic carbocycles. The quantitative estimate of drug-likeness (QED) is 0.327. The molecule has 0 N–H and O–H groups in total. The van der Waals surface area contributed by atoms with E-state index in [1.807, 2.05) is 30.3 Å². The van der Waals surface area contributed by atoms with Crippen LogP contribution in [0.5, 0.6) is 0 Å². The van der Waals surface area contributed by atoms with Crippen molar-refractivity contribution in [3.63, 3.8) is 0 Å². The summed E-state index contributed by atoms with van der Waals surface area (Å²) in [5.41, 5.74) is 4.05. The molecule has 0 saturated heterocycles. The molecule has 0 atom stereocenters. The number of hydrogen-bond acceptors (Lipinski definition) is 0. The molecule has 0 unspecified atom stereocenters. The highest BCUT2D eigenvalue weighted by molar-refractivity contribution is 5.85. The van der Waals surface area contributed by atoms with E-state index in [0.29, 0.717) is 5.39 Å². The molecule has 0 aliphatic carbocycles. The van der Waals surface area contributed by atoms with Crippen LogP contribution in [0.15, 0.2) is 54.6 Å². The van der Waals surface area contributed by atoms with Crippen LogP contribution in [0, 0.1) is 17.7 Å². The number of rotatable bonds is 6. The molecule has 0 spiro atoms. The van der Waals surface area contributed by atoms with Crippen molar-refractivity contribution in [3.05, 3.63) is 82.7 Å². The van der Waals surface area contributed by atoms with E-state index in [9.17, 15) is 4.39 Å². The molecule has 1 heteroatoms. The highest BCUT2D eigenvalue weighted by atomic mass is 19.1. The summed E-state index contributed by atoms with van der Waals surface area (Å²) in [6.07, 6.45) is 6.49. The molecule has 0 bridgehead atoms. The van der Waals surface area contributed by atoms with Gasteiger partial charge in [-0.25, -0.2) is 4.39 Å². The molecule has 3 rings (SSSR count). The van der Waals surface area contributed by atoms with Crippen molar-refractivity contribution in [2.24, 2.45) is 0 Å². The Morgan fingerprint density at radius 2 is 1.52 bits per heavy atom. The van der Waals surface area contributed by atoms with Gasteiger partial charge < -0.3 is 0 Å². The molecule has 0 aliphatic heterocycles. The van der Waals surface area contributed by atoms with E-state index >= 15 is 0 Å². The lowest BCUT2D eigenvalue weighted by molar-refractivity contribution is 0.603. The van der Waals surface area contributed by atoms with Crippen LogP contribution in [0.4, 0.5) is 4.39 Å². The van der Waals surface area contributed by atoms with Crippen LogP contribution >= 0.6 is 0 Å². The van der Waals surface area contributed by atoms with Gasteiger partial charge in [0.2, 0.25) is 0 Å². The summed E-state index contributed by atoms with van der Waals surface area (Å²) in [5, 5.41) is 1.61. The van der Waals surface area contributed by atoms with Crippen LogP contribution in [0.25, 0.3) is 10.8 Å². The van der Waals surface area contributed by atoms with E-state index < -0.39 is 0 Å². The largest absolute Gasteiger partial charge is 0.206 e. The Bertz CT molecular complexity index is 955. The Morgan fingerprint density at radius 1 is 0.778 bits per heavy atom. The third-order valence-corrected chi connectivity index (χ3v) is 5.05. The van der Waals surface area contributed by atoms with Crippen molar-refractivity contribution in [3.8, 4) is 11.8 Å². The SMILES string of the molecule is CCCCCCc1ccc2cc(C#Cc3ccc(CC)cc3)ccc2c1F. The Balaban J connectivity index is 1.78. The Labute approximate surface area is 162 Å². The van der Waals surface area contributed by atoms with Gasteiger partial charge in [0.05, 0.1) is 0 Å². The molecular weight excluding hydrogens is 331 g/mol. The fourth-order valence-electron chi connectivity index (χ4n) is 3.32. The van der Waals surface area contributed by atoms with Crippen LogP contribution in [-0.4, -0.2) is 0 Å². The molecule has 27 heavy (non-hydrogen) atoms. The van der Waals surface area contributed by atoms with Gasteiger partial charge in [0.25, 0.3) is 0 Å². The molecule has 138 valence electrons. The smallest absolute Gasteiger partial charge is 0.134 e. The van der Waals surface area contributed by atoms with Gasteiger partial charge in [0.15, 0.2) is 0 Å². The minimum Gasteiger partial charge on any atom is -0.206 e. The van der Waals surface area contributed by atoms with Crippen molar-refractivity contribution in [1.29, 1.82) is 0 Å². The van der Waals surface area contributed by atoms with Crippen LogP contribution in [0.3, 0.4) is 0 Å². The second-order valence-corrected chi connectivity index (χ2v) is 7.09. The predicted octanol–water partition coefficient (Wildman–Crippen LogP) is 7.06. The lowest BCUT2D eigenvalue weighted by atomic mass is 10.00. The second kappa shape index (κ2) is 9.38. The molecule has 0 radical (unpaired) electrons. The van der Waals surface area contributed by atoms with Crippen LogP contribution in [0.2, 0.25) is 0 Å². The van der Waals surface area contributed by atoms with E-state index in [-0.39, 0.29) is 5.82 Å². The van der Waals surface area contributed by atoms with Crippen LogP contribution in [0.1, 0.15) is 61.8 Å². The van der Waals surface area contributed by atoms with Gasteiger partial charge in [0.1, 0.15) is 5.82 Å². The van der Waals surface area contributed by atoms with E-state index in [0.717, 1.165) is 41.3 Å². The molecule has 0 aliphatic rings. The normalized spacial score (nSPS) is 10.6. The van der Waals surface area contributed by atoms with E-state index in [2.05, 4.69) is 50.0 Å². The van der Waals surface area contributed by atoms with E-state index in [4.69, 9.17) is 0 Å². The van der Waals surface area contributed by atoms with E-state index in [1.54, 1.807) is 0 Å². The van der Waals surface area contributed by atoms with Crippen molar-refractivity contribution in [2.45, 2.75) is 52.4 Å². The maximum Gasteiger partial charge on any atom is 0.134 e. The Kier molecular flexibility index (Phi) is 6.66. The van der Waals surface area contributed by atoms with Gasteiger partial charge >= 0.3 is 0 Å².